The first-order valence-corrected chi connectivity index (χ1v) is 8.28. The molecule has 1 aliphatic heterocycles. The second kappa shape index (κ2) is 5.74. The molecule has 1 aliphatic carbocycles. The third-order valence-electron chi connectivity index (χ3n) is 4.88. The second-order valence-corrected chi connectivity index (χ2v) is 6.95. The molecular formula is C16H18Cl2N2O2. The highest BCUT2D eigenvalue weighted by Gasteiger charge is 2.54. The van der Waals surface area contributed by atoms with E-state index >= 15 is 0 Å². The molecule has 0 aromatic heterocycles. The summed E-state index contributed by atoms with van der Waals surface area (Å²) in [4.78, 5) is 26.5. The minimum atomic E-state index is -0.747. The van der Waals surface area contributed by atoms with E-state index < -0.39 is 5.54 Å². The van der Waals surface area contributed by atoms with Crippen molar-refractivity contribution in [1.82, 2.24) is 10.2 Å². The number of benzene rings is 1. The van der Waals surface area contributed by atoms with Crippen LogP contribution >= 0.6 is 23.2 Å². The summed E-state index contributed by atoms with van der Waals surface area (Å²) in [5.41, 5.74) is -0.141. The number of nitrogens with one attached hydrogen (secondary N) is 1. The van der Waals surface area contributed by atoms with Crippen molar-refractivity contribution in [2.75, 3.05) is 0 Å². The third kappa shape index (κ3) is 2.38. The van der Waals surface area contributed by atoms with Gasteiger partial charge in [-0.1, -0.05) is 49.0 Å². The molecule has 1 N–H and O–H groups in total. The second-order valence-electron chi connectivity index (χ2n) is 6.14. The molecule has 3 amide bonds. The summed E-state index contributed by atoms with van der Waals surface area (Å²) in [7, 11) is 0. The monoisotopic (exact) mass is 340 g/mol. The molecular weight excluding hydrogens is 323 g/mol. The molecule has 1 aromatic rings. The van der Waals surface area contributed by atoms with Crippen LogP contribution in [0.2, 0.25) is 10.0 Å². The number of amides is 3. The molecule has 1 heterocycles. The fourth-order valence-corrected chi connectivity index (χ4v) is 4.00. The Bertz CT molecular complexity index is 614. The van der Waals surface area contributed by atoms with E-state index in [4.69, 9.17) is 23.2 Å². The Hall–Kier alpha value is -1.26. The molecule has 1 spiro atoms. The normalized spacial score (nSPS) is 28.3. The number of hydrogen-bond acceptors (Lipinski definition) is 2. The average molecular weight is 341 g/mol. The fraction of sp³-hybridized carbons (Fsp3) is 0.500. The molecule has 4 nitrogen and oxygen atoms in total. The van der Waals surface area contributed by atoms with Gasteiger partial charge in [-0.05, 0) is 30.9 Å². The number of nitrogens with zero attached hydrogens (tertiary/aromatic N) is 1. The van der Waals surface area contributed by atoms with Crippen molar-refractivity contribution in [2.45, 2.75) is 44.7 Å². The highest BCUT2D eigenvalue weighted by Crippen LogP contribution is 2.39. The van der Waals surface area contributed by atoms with Gasteiger partial charge in [0.15, 0.2) is 0 Å². The fourth-order valence-electron chi connectivity index (χ4n) is 3.48. The van der Waals surface area contributed by atoms with E-state index in [1.807, 2.05) is 6.92 Å². The van der Waals surface area contributed by atoms with Crippen LogP contribution in [0.25, 0.3) is 0 Å². The predicted molar refractivity (Wildman–Crippen MR) is 85.9 cm³/mol. The highest BCUT2D eigenvalue weighted by molar-refractivity contribution is 6.36. The number of halogens is 2. The van der Waals surface area contributed by atoms with Crippen molar-refractivity contribution < 1.29 is 9.59 Å². The largest absolute Gasteiger partial charge is 0.325 e. The van der Waals surface area contributed by atoms with Crippen LogP contribution in [0.5, 0.6) is 0 Å². The molecule has 3 rings (SSSR count). The number of urea groups is 1. The van der Waals surface area contributed by atoms with Crippen LogP contribution in [0, 0.1) is 5.92 Å². The van der Waals surface area contributed by atoms with Crippen LogP contribution in [0.3, 0.4) is 0 Å². The van der Waals surface area contributed by atoms with Gasteiger partial charge in [0.2, 0.25) is 0 Å². The number of hydrogen-bond donors (Lipinski definition) is 1. The smallest absolute Gasteiger partial charge is 0.323 e. The van der Waals surface area contributed by atoms with Crippen molar-refractivity contribution in [3.8, 4) is 0 Å². The summed E-state index contributed by atoms with van der Waals surface area (Å²) in [6, 6.07) is 4.81. The zero-order valence-electron chi connectivity index (χ0n) is 12.4. The van der Waals surface area contributed by atoms with E-state index in [1.165, 1.54) is 4.90 Å². The van der Waals surface area contributed by atoms with E-state index in [-0.39, 0.29) is 24.4 Å². The standard InChI is InChI=1S/C16H18Cl2N2O2/c1-10-5-2-3-8-16(10)14(21)20(15(22)19-16)9-11-12(17)6-4-7-13(11)18/h4,6-7,10H,2-3,5,8-9H2,1H3,(H,19,22)/t10-,16+/m1/s1. The van der Waals surface area contributed by atoms with Gasteiger partial charge in [0.1, 0.15) is 5.54 Å². The molecule has 22 heavy (non-hydrogen) atoms. The van der Waals surface area contributed by atoms with Crippen LogP contribution in [-0.2, 0) is 11.3 Å². The lowest BCUT2D eigenvalue weighted by Crippen LogP contribution is -2.53. The molecule has 118 valence electrons. The number of imide groups is 1. The van der Waals surface area contributed by atoms with Crippen LogP contribution in [-0.4, -0.2) is 22.4 Å². The Morgan fingerprint density at radius 3 is 2.59 bits per heavy atom. The third-order valence-corrected chi connectivity index (χ3v) is 5.59. The van der Waals surface area contributed by atoms with E-state index in [2.05, 4.69) is 5.32 Å². The Labute approximate surface area is 139 Å². The van der Waals surface area contributed by atoms with Gasteiger partial charge < -0.3 is 5.32 Å². The summed E-state index contributed by atoms with van der Waals surface area (Å²) < 4.78 is 0. The Morgan fingerprint density at radius 1 is 1.27 bits per heavy atom. The van der Waals surface area contributed by atoms with Gasteiger partial charge in [0, 0.05) is 15.6 Å². The van der Waals surface area contributed by atoms with Gasteiger partial charge >= 0.3 is 6.03 Å². The van der Waals surface area contributed by atoms with Crippen molar-refractivity contribution in [1.29, 1.82) is 0 Å². The van der Waals surface area contributed by atoms with Gasteiger partial charge in [-0.25, -0.2) is 4.79 Å². The molecule has 2 atom stereocenters. The Kier molecular flexibility index (Phi) is 4.08. The van der Waals surface area contributed by atoms with Crippen LogP contribution < -0.4 is 5.32 Å². The molecule has 6 heteroatoms. The number of carbonyl (C=O) groups excluding carboxylic acids is 2. The van der Waals surface area contributed by atoms with Crippen molar-refractivity contribution in [2.24, 2.45) is 5.92 Å². The molecule has 0 radical (unpaired) electrons. The molecule has 1 saturated carbocycles. The molecule has 0 bridgehead atoms. The van der Waals surface area contributed by atoms with Crippen LogP contribution in [0.4, 0.5) is 4.79 Å². The number of carbonyl (C=O) groups is 2. The average Bonchev–Trinajstić information content (AvgIpc) is 2.71. The summed E-state index contributed by atoms with van der Waals surface area (Å²) in [5, 5.41) is 3.86. The first kappa shape index (κ1) is 15.6. The predicted octanol–water partition coefficient (Wildman–Crippen LogP) is 3.99. The van der Waals surface area contributed by atoms with Gasteiger partial charge in [-0.15, -0.1) is 0 Å². The van der Waals surface area contributed by atoms with E-state index in [0.717, 1.165) is 19.3 Å². The summed E-state index contributed by atoms with van der Waals surface area (Å²) in [6.07, 6.45) is 3.71. The topological polar surface area (TPSA) is 49.4 Å². The van der Waals surface area contributed by atoms with Crippen LogP contribution in [0.15, 0.2) is 18.2 Å². The lowest BCUT2D eigenvalue weighted by atomic mass is 9.73. The minimum Gasteiger partial charge on any atom is -0.323 e. The van der Waals surface area contributed by atoms with Gasteiger partial charge in [0.05, 0.1) is 6.54 Å². The SMILES string of the molecule is C[C@@H]1CCCC[C@]12NC(=O)N(Cc1c(Cl)cccc1Cl)C2=O. The minimum absolute atomic E-state index is 0.109. The summed E-state index contributed by atoms with van der Waals surface area (Å²) in [6.45, 7) is 2.14. The quantitative estimate of drug-likeness (QED) is 0.827. The number of rotatable bonds is 2. The zero-order chi connectivity index (χ0) is 15.9. The maximum Gasteiger partial charge on any atom is 0.325 e. The maximum atomic E-state index is 12.9. The summed E-state index contributed by atoms with van der Waals surface area (Å²) in [5.74, 6) is -0.00916. The highest BCUT2D eigenvalue weighted by atomic mass is 35.5. The van der Waals surface area contributed by atoms with E-state index in [0.29, 0.717) is 22.0 Å². The van der Waals surface area contributed by atoms with Gasteiger partial charge in [0.25, 0.3) is 5.91 Å². The van der Waals surface area contributed by atoms with Gasteiger partial charge in [-0.3, -0.25) is 9.69 Å². The van der Waals surface area contributed by atoms with Gasteiger partial charge in [-0.2, -0.15) is 0 Å². The lowest BCUT2D eigenvalue weighted by molar-refractivity contribution is -0.134. The Morgan fingerprint density at radius 2 is 1.95 bits per heavy atom. The molecule has 1 aromatic carbocycles. The molecule has 2 fully saturated rings. The molecule has 1 saturated heterocycles. The van der Waals surface area contributed by atoms with E-state index in [9.17, 15) is 9.59 Å². The first-order valence-electron chi connectivity index (χ1n) is 7.53. The lowest BCUT2D eigenvalue weighted by Gasteiger charge is -2.36. The van der Waals surface area contributed by atoms with Crippen molar-refractivity contribution >= 4 is 35.1 Å². The zero-order valence-corrected chi connectivity index (χ0v) is 13.9. The van der Waals surface area contributed by atoms with Crippen LogP contribution in [0.1, 0.15) is 38.2 Å². The van der Waals surface area contributed by atoms with Crippen molar-refractivity contribution in [3.05, 3.63) is 33.8 Å². The summed E-state index contributed by atoms with van der Waals surface area (Å²) >= 11 is 12.3. The Balaban J connectivity index is 1.89. The van der Waals surface area contributed by atoms with E-state index in [1.54, 1.807) is 18.2 Å². The maximum absolute atomic E-state index is 12.9. The van der Waals surface area contributed by atoms with Crippen molar-refractivity contribution in [3.63, 3.8) is 0 Å². The molecule has 0 unspecified atom stereocenters. The first-order chi connectivity index (χ1) is 10.5. The molecule has 2 aliphatic rings.